The summed E-state index contributed by atoms with van der Waals surface area (Å²) in [5.41, 5.74) is 7.11. The quantitative estimate of drug-likeness (QED) is 0.355. The molecule has 0 aromatic carbocycles. The fourth-order valence-electron chi connectivity index (χ4n) is 2.04. The van der Waals surface area contributed by atoms with E-state index >= 15 is 0 Å². The maximum atomic E-state index is 7.12. The molecule has 1 spiro atoms. The first kappa shape index (κ1) is 9.99. The largest absolute Gasteiger partial charge is 0.432 e. The lowest BCUT2D eigenvalue weighted by atomic mass is 9.96. The van der Waals surface area contributed by atoms with Gasteiger partial charge in [-0.15, -0.1) is 0 Å². The normalized spacial score (nSPS) is 25.2. The van der Waals surface area contributed by atoms with Crippen LogP contribution < -0.4 is 10.9 Å². The van der Waals surface area contributed by atoms with Crippen molar-refractivity contribution in [3.8, 4) is 0 Å². The van der Waals surface area contributed by atoms with Crippen molar-refractivity contribution in [2.45, 2.75) is 37.6 Å². The maximum absolute atomic E-state index is 7.12. The minimum absolute atomic E-state index is 0.528. The second-order valence-electron chi connectivity index (χ2n) is 3.43. The molecule has 0 unspecified atom stereocenters. The highest BCUT2D eigenvalue weighted by atomic mass is 16.4. The molecule has 1 heterocycles. The number of hydrazine groups is 1. The molecule has 4 N–H and O–H groups in total. The molecule has 0 radical (unpaired) electrons. The molecule has 0 atom stereocenters. The fraction of sp³-hybridized carbons (Fsp3) is 1.00. The van der Waals surface area contributed by atoms with Crippen molar-refractivity contribution in [3.05, 3.63) is 0 Å². The van der Waals surface area contributed by atoms with Crippen LogP contribution in [0.1, 0.15) is 32.1 Å². The molecule has 0 bridgehead atoms. The van der Waals surface area contributed by atoms with E-state index in [1.54, 1.807) is 0 Å². The van der Waals surface area contributed by atoms with Gasteiger partial charge in [0.25, 0.3) is 0 Å². The molecule has 70 valence electrons. The van der Waals surface area contributed by atoms with E-state index in [2.05, 4.69) is 10.9 Å². The van der Waals surface area contributed by atoms with Gasteiger partial charge in [0.2, 0.25) is 0 Å². The second-order valence-corrected chi connectivity index (χ2v) is 3.43. The van der Waals surface area contributed by atoms with Crippen molar-refractivity contribution in [2.75, 3.05) is 6.54 Å². The van der Waals surface area contributed by atoms with Gasteiger partial charge in [-0.3, -0.25) is 10.9 Å². The smallest absolute Gasteiger partial charge is 0.430 e. The molecule has 1 aliphatic carbocycles. The molecule has 0 aromatic rings. The number of nitrogens with one attached hydrogen (secondary N) is 2. The summed E-state index contributed by atoms with van der Waals surface area (Å²) in [6.45, 7) is 1.17. The minimum atomic E-state index is -0.750. The van der Waals surface area contributed by atoms with Gasteiger partial charge in [-0.25, -0.2) is 0 Å². The summed E-state index contributed by atoms with van der Waals surface area (Å²) >= 11 is 0. The highest BCUT2D eigenvalue weighted by molar-refractivity contribution is 6.13. The topological polar surface area (TPSA) is 64.5 Å². The highest BCUT2D eigenvalue weighted by Gasteiger charge is 2.35. The molecule has 0 amide bonds. The molecule has 0 aromatic heterocycles. The average Bonchev–Trinajstić information content (AvgIpc) is 2.66. The first-order chi connectivity index (χ1) is 5.83. The molecule has 2 fully saturated rings. The van der Waals surface area contributed by atoms with E-state index in [1.165, 1.54) is 38.6 Å². The third-order valence-electron chi connectivity index (χ3n) is 2.64. The van der Waals surface area contributed by atoms with Crippen molar-refractivity contribution >= 4 is 7.69 Å². The number of hydrogen-bond donors (Lipinski definition) is 4. The first-order valence-electron chi connectivity index (χ1n) is 4.55. The van der Waals surface area contributed by atoms with Crippen LogP contribution in [0.4, 0.5) is 0 Å². The molecule has 1 saturated heterocycles. The molecule has 4 nitrogen and oxygen atoms in total. The Morgan fingerprint density at radius 2 is 1.67 bits per heavy atom. The zero-order valence-electron chi connectivity index (χ0n) is 7.34. The Labute approximate surface area is 73.6 Å². The molecule has 12 heavy (non-hydrogen) atoms. The van der Waals surface area contributed by atoms with Crippen LogP contribution in [0.5, 0.6) is 0 Å². The molecular weight excluding hydrogens is 155 g/mol. The van der Waals surface area contributed by atoms with Crippen LogP contribution in [0, 0.1) is 0 Å². The molecule has 2 aliphatic rings. The van der Waals surface area contributed by atoms with Crippen molar-refractivity contribution < 1.29 is 10.0 Å². The summed E-state index contributed by atoms with van der Waals surface area (Å²) in [4.78, 5) is 0. The fourth-order valence-corrected chi connectivity index (χ4v) is 2.04. The summed E-state index contributed by atoms with van der Waals surface area (Å²) in [5.74, 6) is 0. The van der Waals surface area contributed by atoms with Crippen LogP contribution in [-0.4, -0.2) is 29.8 Å². The van der Waals surface area contributed by atoms with E-state index in [4.69, 9.17) is 10.0 Å². The Morgan fingerprint density at radius 3 is 2.08 bits per heavy atom. The van der Waals surface area contributed by atoms with Gasteiger partial charge in [-0.05, 0) is 19.3 Å². The lowest BCUT2D eigenvalue weighted by Crippen LogP contribution is -2.40. The lowest BCUT2D eigenvalue weighted by molar-refractivity contribution is 0.367. The highest BCUT2D eigenvalue weighted by Crippen LogP contribution is 2.33. The Balaban J connectivity index is 0.000000213. The van der Waals surface area contributed by atoms with Gasteiger partial charge in [0.05, 0.1) is 0 Å². The van der Waals surface area contributed by atoms with Crippen LogP contribution in [0.15, 0.2) is 0 Å². The predicted octanol–water partition coefficient (Wildman–Crippen LogP) is -0.965. The van der Waals surface area contributed by atoms with E-state index in [1.807, 2.05) is 0 Å². The summed E-state index contributed by atoms with van der Waals surface area (Å²) in [6.07, 6.45) is 6.97. The average molecular weight is 172 g/mol. The summed E-state index contributed by atoms with van der Waals surface area (Å²) in [7, 11) is -0.750. The molecule has 1 aliphatic heterocycles. The molecule has 5 heteroatoms. The van der Waals surface area contributed by atoms with Crippen LogP contribution >= 0.6 is 0 Å². The van der Waals surface area contributed by atoms with E-state index < -0.39 is 7.69 Å². The van der Waals surface area contributed by atoms with Crippen molar-refractivity contribution in [2.24, 2.45) is 0 Å². The van der Waals surface area contributed by atoms with Gasteiger partial charge in [0, 0.05) is 12.1 Å². The van der Waals surface area contributed by atoms with Crippen molar-refractivity contribution in [1.82, 2.24) is 10.9 Å². The molecular formula is C7H17BN2O2. The maximum Gasteiger partial charge on any atom is 0.432 e. The van der Waals surface area contributed by atoms with Crippen LogP contribution in [-0.2, 0) is 0 Å². The van der Waals surface area contributed by atoms with E-state index in [9.17, 15) is 0 Å². The zero-order valence-corrected chi connectivity index (χ0v) is 7.34. The molecule has 2 rings (SSSR count). The Morgan fingerprint density at radius 1 is 1.08 bits per heavy atom. The van der Waals surface area contributed by atoms with E-state index in [-0.39, 0.29) is 0 Å². The summed E-state index contributed by atoms with van der Waals surface area (Å²) in [5, 5.41) is 14.2. The number of rotatable bonds is 0. The van der Waals surface area contributed by atoms with Crippen molar-refractivity contribution in [1.29, 1.82) is 0 Å². The zero-order chi connectivity index (χ0) is 8.86. The van der Waals surface area contributed by atoms with Gasteiger partial charge in [0.15, 0.2) is 0 Å². The van der Waals surface area contributed by atoms with Crippen LogP contribution in [0.25, 0.3) is 0 Å². The second kappa shape index (κ2) is 4.82. The van der Waals surface area contributed by atoms with Crippen molar-refractivity contribution in [3.63, 3.8) is 0 Å². The summed E-state index contributed by atoms with van der Waals surface area (Å²) < 4.78 is 0. The standard InChI is InChI=1S/C7H14N2.BH3O2/c1-2-4-7(3-1)5-6-8-9-7;2-1-3/h8-9H,1-6H2;1-3H. The predicted molar refractivity (Wildman–Crippen MR) is 48.5 cm³/mol. The van der Waals surface area contributed by atoms with Gasteiger partial charge >= 0.3 is 7.69 Å². The summed E-state index contributed by atoms with van der Waals surface area (Å²) in [6, 6.07) is 0. The lowest BCUT2D eigenvalue weighted by Gasteiger charge is -2.20. The Kier molecular flexibility index (Phi) is 4.01. The van der Waals surface area contributed by atoms with Gasteiger partial charge in [0.1, 0.15) is 0 Å². The monoisotopic (exact) mass is 172 g/mol. The van der Waals surface area contributed by atoms with Gasteiger partial charge in [-0.1, -0.05) is 12.8 Å². The Bertz CT molecular complexity index is 105. The van der Waals surface area contributed by atoms with Gasteiger partial charge < -0.3 is 10.0 Å². The SMILES string of the molecule is C1CCC2(C1)CCNN2.OBO. The third-order valence-corrected chi connectivity index (χ3v) is 2.64. The third kappa shape index (κ3) is 2.45. The van der Waals surface area contributed by atoms with Crippen LogP contribution in [0.2, 0.25) is 0 Å². The van der Waals surface area contributed by atoms with E-state index in [0.717, 1.165) is 0 Å². The Hall–Kier alpha value is -0.0951. The van der Waals surface area contributed by atoms with E-state index in [0.29, 0.717) is 5.54 Å². The molecule has 1 saturated carbocycles. The minimum Gasteiger partial charge on any atom is -0.430 e. The number of hydrogen-bond acceptors (Lipinski definition) is 4. The van der Waals surface area contributed by atoms with Gasteiger partial charge in [-0.2, -0.15) is 0 Å². The first-order valence-corrected chi connectivity index (χ1v) is 4.55. The van der Waals surface area contributed by atoms with Crippen LogP contribution in [0.3, 0.4) is 0 Å².